The lowest BCUT2D eigenvalue weighted by Crippen LogP contribution is -2.27. The van der Waals surface area contributed by atoms with Crippen molar-refractivity contribution in [2.24, 2.45) is 0 Å². The number of fused-ring (bicyclic) bond motifs is 1. The Kier molecular flexibility index (Phi) is 4.51. The van der Waals surface area contributed by atoms with E-state index in [4.69, 9.17) is 9.72 Å². The van der Waals surface area contributed by atoms with E-state index < -0.39 is 0 Å². The maximum Gasteiger partial charge on any atom is 0.256 e. The first-order valence-corrected chi connectivity index (χ1v) is 9.11. The van der Waals surface area contributed by atoms with E-state index in [1.807, 2.05) is 48.5 Å². The van der Waals surface area contributed by atoms with Crippen LogP contribution in [0.3, 0.4) is 0 Å². The quantitative estimate of drug-likeness (QED) is 0.709. The van der Waals surface area contributed by atoms with Gasteiger partial charge in [0.2, 0.25) is 0 Å². The van der Waals surface area contributed by atoms with Crippen LogP contribution in [0, 0.1) is 6.92 Å². The van der Waals surface area contributed by atoms with Crippen LogP contribution in [0.1, 0.15) is 29.0 Å². The first-order chi connectivity index (χ1) is 12.7. The zero-order valence-corrected chi connectivity index (χ0v) is 15.3. The third-order valence-corrected chi connectivity index (χ3v) is 5.07. The highest BCUT2D eigenvalue weighted by atomic mass is 16.5. The summed E-state index contributed by atoms with van der Waals surface area (Å²) in [7, 11) is 1.70. The van der Waals surface area contributed by atoms with Crippen molar-refractivity contribution < 1.29 is 9.53 Å². The number of aryl methyl sites for hydroxylation is 1. The van der Waals surface area contributed by atoms with Crippen LogP contribution in [0.25, 0.3) is 16.9 Å². The molecule has 4 heterocycles. The maximum absolute atomic E-state index is 13.0. The molecule has 1 aliphatic rings. The highest BCUT2D eigenvalue weighted by molar-refractivity contribution is 6.02. The van der Waals surface area contributed by atoms with Gasteiger partial charge in [0.25, 0.3) is 5.91 Å². The lowest BCUT2D eigenvalue weighted by Gasteiger charge is -2.14. The van der Waals surface area contributed by atoms with Crippen LogP contribution in [-0.2, 0) is 11.3 Å². The third kappa shape index (κ3) is 2.90. The molecule has 1 amide bonds. The van der Waals surface area contributed by atoms with Gasteiger partial charge in [0, 0.05) is 39.1 Å². The van der Waals surface area contributed by atoms with Gasteiger partial charge in [0.05, 0.1) is 23.4 Å². The van der Waals surface area contributed by atoms with Crippen molar-refractivity contribution in [3.05, 3.63) is 48.0 Å². The average Bonchev–Trinajstić information content (AvgIpc) is 3.38. The topological polar surface area (TPSA) is 51.8 Å². The lowest BCUT2D eigenvalue weighted by molar-refractivity contribution is 0.0795. The minimum Gasteiger partial charge on any atom is -0.383 e. The first-order valence-electron chi connectivity index (χ1n) is 9.11. The molecule has 136 valence electrons. The number of amides is 1. The van der Waals surface area contributed by atoms with Crippen molar-refractivity contribution in [1.82, 2.24) is 18.9 Å². The van der Waals surface area contributed by atoms with E-state index in [1.165, 1.54) is 0 Å². The number of nitrogens with zero attached hydrogens (tertiary/aromatic N) is 4. The van der Waals surface area contributed by atoms with Crippen molar-refractivity contribution in [2.45, 2.75) is 26.3 Å². The molecule has 0 spiro atoms. The number of carbonyl (C=O) groups excluding carboxylic acids is 1. The lowest BCUT2D eigenvalue weighted by atomic mass is 10.2. The molecule has 0 aliphatic carbocycles. The first kappa shape index (κ1) is 16.8. The molecule has 0 saturated carbocycles. The molecule has 0 N–H and O–H groups in total. The Hall–Kier alpha value is -2.60. The van der Waals surface area contributed by atoms with Gasteiger partial charge in [-0.05, 0) is 38.0 Å². The fraction of sp³-hybridized carbons (Fsp3) is 0.400. The number of imidazole rings is 1. The Morgan fingerprint density at radius 2 is 2.08 bits per heavy atom. The summed E-state index contributed by atoms with van der Waals surface area (Å²) in [6.07, 6.45) is 6.21. The molecular weight excluding hydrogens is 328 g/mol. The number of rotatable bonds is 5. The number of likely N-dealkylation sites (tertiary alicyclic amines) is 1. The summed E-state index contributed by atoms with van der Waals surface area (Å²) in [5.41, 5.74) is 3.51. The number of methoxy groups -OCH3 is 1. The molecule has 6 heteroatoms. The summed E-state index contributed by atoms with van der Waals surface area (Å²) < 4.78 is 9.32. The number of ether oxygens (including phenoxy) is 1. The molecule has 0 atom stereocenters. The molecule has 0 bridgehead atoms. The molecule has 0 radical (unpaired) electrons. The number of hydrogen-bond donors (Lipinski definition) is 0. The standard InChI is InChI=1S/C20H24N4O2/c1-15-21-17(14-23(15)11-12-26-2)19-13-16(18-7-3-4-10-24(18)19)20(25)22-8-5-6-9-22/h3-4,7,10,13-14H,5-6,8-9,11-12H2,1-2H3. The number of carbonyl (C=O) groups is 1. The smallest absolute Gasteiger partial charge is 0.256 e. The predicted octanol–water partition coefficient (Wildman–Crippen LogP) is 2.99. The van der Waals surface area contributed by atoms with Gasteiger partial charge in [0.15, 0.2) is 0 Å². The predicted molar refractivity (Wildman–Crippen MR) is 100 cm³/mol. The normalized spacial score (nSPS) is 14.5. The van der Waals surface area contributed by atoms with Crippen molar-refractivity contribution in [3.8, 4) is 11.4 Å². The Labute approximate surface area is 153 Å². The van der Waals surface area contributed by atoms with Crippen molar-refractivity contribution in [3.63, 3.8) is 0 Å². The van der Waals surface area contributed by atoms with Crippen LogP contribution in [0.15, 0.2) is 36.7 Å². The Balaban J connectivity index is 1.77. The van der Waals surface area contributed by atoms with Crippen molar-refractivity contribution in [2.75, 3.05) is 26.8 Å². The summed E-state index contributed by atoms with van der Waals surface area (Å²) >= 11 is 0. The van der Waals surface area contributed by atoms with Crippen LogP contribution in [-0.4, -0.2) is 51.6 Å². The SMILES string of the molecule is COCCn1cc(-c2cc(C(=O)N3CCCC3)c3ccccn23)nc1C. The van der Waals surface area contributed by atoms with Gasteiger partial charge >= 0.3 is 0 Å². The van der Waals surface area contributed by atoms with Crippen LogP contribution in [0.5, 0.6) is 0 Å². The fourth-order valence-corrected chi connectivity index (χ4v) is 3.66. The summed E-state index contributed by atoms with van der Waals surface area (Å²) in [6.45, 7) is 5.10. The third-order valence-electron chi connectivity index (χ3n) is 5.07. The number of hydrogen-bond acceptors (Lipinski definition) is 3. The Morgan fingerprint density at radius 1 is 1.27 bits per heavy atom. The largest absolute Gasteiger partial charge is 0.383 e. The Morgan fingerprint density at radius 3 is 2.85 bits per heavy atom. The average molecular weight is 352 g/mol. The van der Waals surface area contributed by atoms with Crippen molar-refractivity contribution >= 4 is 11.4 Å². The van der Waals surface area contributed by atoms with E-state index in [-0.39, 0.29) is 5.91 Å². The molecule has 0 unspecified atom stereocenters. The fourth-order valence-electron chi connectivity index (χ4n) is 3.66. The summed E-state index contributed by atoms with van der Waals surface area (Å²) in [6, 6.07) is 7.94. The van der Waals surface area contributed by atoms with E-state index in [1.54, 1.807) is 7.11 Å². The zero-order valence-electron chi connectivity index (χ0n) is 15.3. The molecular formula is C20H24N4O2. The van der Waals surface area contributed by atoms with E-state index in [9.17, 15) is 4.79 Å². The maximum atomic E-state index is 13.0. The zero-order chi connectivity index (χ0) is 18.1. The highest BCUT2D eigenvalue weighted by Crippen LogP contribution is 2.27. The molecule has 6 nitrogen and oxygen atoms in total. The molecule has 3 aromatic rings. The van der Waals surface area contributed by atoms with Gasteiger partial charge in [-0.25, -0.2) is 4.98 Å². The van der Waals surface area contributed by atoms with Gasteiger partial charge in [-0.3, -0.25) is 4.79 Å². The second-order valence-corrected chi connectivity index (χ2v) is 6.76. The molecule has 1 aliphatic heterocycles. The van der Waals surface area contributed by atoms with Crippen LogP contribution in [0.4, 0.5) is 0 Å². The van der Waals surface area contributed by atoms with Gasteiger partial charge < -0.3 is 18.6 Å². The summed E-state index contributed by atoms with van der Waals surface area (Å²) in [5, 5.41) is 0. The Bertz CT molecular complexity index is 935. The van der Waals surface area contributed by atoms with Crippen LogP contribution >= 0.6 is 0 Å². The van der Waals surface area contributed by atoms with E-state index in [2.05, 4.69) is 8.97 Å². The molecule has 4 rings (SSSR count). The summed E-state index contributed by atoms with van der Waals surface area (Å²) in [5.74, 6) is 1.06. The van der Waals surface area contributed by atoms with Gasteiger partial charge in [-0.15, -0.1) is 0 Å². The van der Waals surface area contributed by atoms with Gasteiger partial charge in [-0.2, -0.15) is 0 Å². The van der Waals surface area contributed by atoms with E-state index in [0.717, 1.165) is 60.8 Å². The van der Waals surface area contributed by atoms with Crippen LogP contribution in [0.2, 0.25) is 0 Å². The number of aromatic nitrogens is 3. The summed E-state index contributed by atoms with van der Waals surface area (Å²) in [4.78, 5) is 19.7. The second kappa shape index (κ2) is 6.96. The van der Waals surface area contributed by atoms with E-state index in [0.29, 0.717) is 6.61 Å². The van der Waals surface area contributed by atoms with Gasteiger partial charge in [0.1, 0.15) is 11.5 Å². The molecule has 1 saturated heterocycles. The minimum absolute atomic E-state index is 0.119. The molecule has 1 fully saturated rings. The van der Waals surface area contributed by atoms with Crippen molar-refractivity contribution in [1.29, 1.82) is 0 Å². The monoisotopic (exact) mass is 352 g/mol. The van der Waals surface area contributed by atoms with Gasteiger partial charge in [-0.1, -0.05) is 6.07 Å². The number of pyridine rings is 1. The van der Waals surface area contributed by atoms with E-state index >= 15 is 0 Å². The second-order valence-electron chi connectivity index (χ2n) is 6.76. The van der Waals surface area contributed by atoms with Crippen LogP contribution < -0.4 is 0 Å². The molecule has 26 heavy (non-hydrogen) atoms. The minimum atomic E-state index is 0.119. The highest BCUT2D eigenvalue weighted by Gasteiger charge is 2.24. The molecule has 0 aromatic carbocycles. The molecule has 3 aromatic heterocycles.